The third kappa shape index (κ3) is 4.34. The lowest BCUT2D eigenvalue weighted by Gasteiger charge is -2.19. The van der Waals surface area contributed by atoms with Gasteiger partial charge < -0.3 is 14.7 Å². The number of benzene rings is 2. The second-order valence-electron chi connectivity index (χ2n) is 6.79. The molecule has 1 aliphatic heterocycles. The molecule has 28 heavy (non-hydrogen) atoms. The maximum atomic E-state index is 12.3. The monoisotopic (exact) mass is 396 g/mol. The summed E-state index contributed by atoms with van der Waals surface area (Å²) in [4.78, 5) is 18.9. The number of aromatic nitrogens is 2. The molecular formula is C21H21ClN4O2. The number of nitrogens with one attached hydrogen (secondary N) is 1. The molecule has 2 heterocycles. The number of carbonyl (C=O) groups excluding carboxylic acids is 1. The minimum Gasteiger partial charge on any atom is -0.370 e. The first-order valence-corrected chi connectivity index (χ1v) is 9.79. The fourth-order valence-corrected chi connectivity index (χ4v) is 3.60. The highest BCUT2D eigenvalue weighted by atomic mass is 35.5. The summed E-state index contributed by atoms with van der Waals surface area (Å²) in [6.07, 6.45) is 3.01. The van der Waals surface area contributed by atoms with Gasteiger partial charge in [-0.2, -0.15) is 4.98 Å². The number of nitrogens with zero attached hydrogens (tertiary/aromatic N) is 3. The van der Waals surface area contributed by atoms with E-state index in [1.165, 1.54) is 12.8 Å². The SMILES string of the molecule is O=C(CCc1nc(-c2ccccc2)no1)Nc1ccc(N2CCCC2)c(Cl)c1. The van der Waals surface area contributed by atoms with Gasteiger partial charge in [0.05, 0.1) is 10.7 Å². The zero-order valence-corrected chi connectivity index (χ0v) is 16.2. The van der Waals surface area contributed by atoms with Crippen LogP contribution in [0, 0.1) is 0 Å². The first-order chi connectivity index (χ1) is 13.7. The summed E-state index contributed by atoms with van der Waals surface area (Å²) in [5, 5.41) is 7.50. The van der Waals surface area contributed by atoms with E-state index < -0.39 is 0 Å². The lowest BCUT2D eigenvalue weighted by atomic mass is 10.2. The number of hydrogen-bond donors (Lipinski definition) is 1. The van der Waals surface area contributed by atoms with E-state index in [9.17, 15) is 4.79 Å². The number of anilines is 2. The van der Waals surface area contributed by atoms with E-state index in [0.717, 1.165) is 24.3 Å². The summed E-state index contributed by atoms with van der Waals surface area (Å²) in [6, 6.07) is 15.2. The normalized spacial score (nSPS) is 13.7. The van der Waals surface area contributed by atoms with Gasteiger partial charge in [0.2, 0.25) is 17.6 Å². The molecular weight excluding hydrogens is 376 g/mol. The average molecular weight is 397 g/mol. The fourth-order valence-electron chi connectivity index (χ4n) is 3.30. The molecule has 0 bridgehead atoms. The van der Waals surface area contributed by atoms with Crippen LogP contribution in [0.1, 0.15) is 25.2 Å². The molecule has 1 aromatic heterocycles. The molecule has 1 saturated heterocycles. The Morgan fingerprint density at radius 2 is 1.93 bits per heavy atom. The Labute approximate surface area is 168 Å². The first kappa shape index (κ1) is 18.5. The van der Waals surface area contributed by atoms with Gasteiger partial charge in [0, 0.05) is 37.2 Å². The van der Waals surface area contributed by atoms with Crippen LogP contribution in [-0.4, -0.2) is 29.1 Å². The smallest absolute Gasteiger partial charge is 0.227 e. The Morgan fingerprint density at radius 1 is 1.14 bits per heavy atom. The Hall–Kier alpha value is -2.86. The van der Waals surface area contributed by atoms with Gasteiger partial charge in [-0.25, -0.2) is 0 Å². The van der Waals surface area contributed by atoms with Crippen LogP contribution in [0.15, 0.2) is 53.1 Å². The number of amides is 1. The molecule has 1 aliphatic rings. The van der Waals surface area contributed by atoms with E-state index in [1.807, 2.05) is 42.5 Å². The maximum absolute atomic E-state index is 12.3. The van der Waals surface area contributed by atoms with Gasteiger partial charge in [-0.3, -0.25) is 4.79 Å². The van der Waals surface area contributed by atoms with Gasteiger partial charge in [-0.15, -0.1) is 0 Å². The summed E-state index contributed by atoms with van der Waals surface area (Å²) < 4.78 is 5.24. The molecule has 0 spiro atoms. The molecule has 0 atom stereocenters. The van der Waals surface area contributed by atoms with Crippen molar-refractivity contribution in [3.05, 3.63) is 59.4 Å². The van der Waals surface area contributed by atoms with Gasteiger partial charge >= 0.3 is 0 Å². The second kappa shape index (κ2) is 8.44. The van der Waals surface area contributed by atoms with Crippen molar-refractivity contribution in [1.82, 2.24) is 10.1 Å². The molecule has 0 unspecified atom stereocenters. The van der Waals surface area contributed by atoms with Crippen molar-refractivity contribution in [1.29, 1.82) is 0 Å². The number of aryl methyl sites for hydroxylation is 1. The number of rotatable bonds is 6. The van der Waals surface area contributed by atoms with Crippen molar-refractivity contribution in [2.75, 3.05) is 23.3 Å². The Balaban J connectivity index is 1.32. The summed E-state index contributed by atoms with van der Waals surface area (Å²) in [5.74, 6) is 0.848. The number of carbonyl (C=O) groups is 1. The van der Waals surface area contributed by atoms with Crippen LogP contribution in [0.2, 0.25) is 5.02 Å². The van der Waals surface area contributed by atoms with Gasteiger partial charge in [0.25, 0.3) is 0 Å². The Morgan fingerprint density at radius 3 is 2.68 bits per heavy atom. The van der Waals surface area contributed by atoms with Crippen molar-refractivity contribution in [3.8, 4) is 11.4 Å². The van der Waals surface area contributed by atoms with Crippen molar-refractivity contribution in [2.45, 2.75) is 25.7 Å². The highest BCUT2D eigenvalue weighted by Crippen LogP contribution is 2.31. The maximum Gasteiger partial charge on any atom is 0.227 e. The molecule has 0 aliphatic carbocycles. The molecule has 6 nitrogen and oxygen atoms in total. The van der Waals surface area contributed by atoms with E-state index in [2.05, 4.69) is 20.4 Å². The fraction of sp³-hybridized carbons (Fsp3) is 0.286. The van der Waals surface area contributed by atoms with E-state index in [1.54, 1.807) is 6.07 Å². The standard InChI is InChI=1S/C21H21ClN4O2/c22-17-14-16(8-9-18(17)26-12-4-5-13-26)23-19(27)10-11-20-24-21(25-28-20)15-6-2-1-3-7-15/h1-3,6-9,14H,4-5,10-13H2,(H,23,27). The molecule has 0 radical (unpaired) electrons. The third-order valence-electron chi connectivity index (χ3n) is 4.74. The van der Waals surface area contributed by atoms with Crippen molar-refractivity contribution < 1.29 is 9.32 Å². The minimum atomic E-state index is -0.121. The molecule has 3 aromatic rings. The molecule has 144 valence electrons. The van der Waals surface area contributed by atoms with Gasteiger partial charge in [-0.1, -0.05) is 47.1 Å². The lowest BCUT2D eigenvalue weighted by Crippen LogP contribution is -2.18. The van der Waals surface area contributed by atoms with E-state index in [0.29, 0.717) is 28.8 Å². The number of hydrogen-bond acceptors (Lipinski definition) is 5. The predicted molar refractivity (Wildman–Crippen MR) is 110 cm³/mol. The third-order valence-corrected chi connectivity index (χ3v) is 5.05. The van der Waals surface area contributed by atoms with Crippen molar-refractivity contribution >= 4 is 28.9 Å². The van der Waals surface area contributed by atoms with Crippen molar-refractivity contribution in [2.24, 2.45) is 0 Å². The lowest BCUT2D eigenvalue weighted by molar-refractivity contribution is -0.116. The zero-order chi connectivity index (χ0) is 19.3. The van der Waals surface area contributed by atoms with Crippen LogP contribution in [-0.2, 0) is 11.2 Å². The summed E-state index contributed by atoms with van der Waals surface area (Å²) in [6.45, 7) is 2.06. The molecule has 4 rings (SSSR count). The predicted octanol–water partition coefficient (Wildman–Crippen LogP) is 4.56. The largest absolute Gasteiger partial charge is 0.370 e. The van der Waals surface area contributed by atoms with Crippen LogP contribution in [0.5, 0.6) is 0 Å². The summed E-state index contributed by atoms with van der Waals surface area (Å²) >= 11 is 6.40. The average Bonchev–Trinajstić information content (AvgIpc) is 3.39. The minimum absolute atomic E-state index is 0.121. The van der Waals surface area contributed by atoms with Gasteiger partial charge in [0.1, 0.15) is 0 Å². The van der Waals surface area contributed by atoms with Crippen LogP contribution >= 0.6 is 11.6 Å². The summed E-state index contributed by atoms with van der Waals surface area (Å²) in [7, 11) is 0. The van der Waals surface area contributed by atoms with Crippen LogP contribution < -0.4 is 10.2 Å². The van der Waals surface area contributed by atoms with Gasteiger partial charge in [-0.05, 0) is 31.0 Å². The van der Waals surface area contributed by atoms with Crippen molar-refractivity contribution in [3.63, 3.8) is 0 Å². The molecule has 1 fully saturated rings. The first-order valence-electron chi connectivity index (χ1n) is 9.41. The van der Waals surface area contributed by atoms with Crippen LogP contribution in [0.3, 0.4) is 0 Å². The summed E-state index contributed by atoms with van der Waals surface area (Å²) in [5.41, 5.74) is 2.60. The molecule has 2 aromatic carbocycles. The second-order valence-corrected chi connectivity index (χ2v) is 7.19. The molecule has 1 amide bonds. The van der Waals surface area contributed by atoms with E-state index >= 15 is 0 Å². The quantitative estimate of drug-likeness (QED) is 0.661. The number of halogens is 1. The Kier molecular flexibility index (Phi) is 5.58. The molecule has 1 N–H and O–H groups in total. The highest BCUT2D eigenvalue weighted by Gasteiger charge is 2.16. The van der Waals surface area contributed by atoms with Crippen LogP contribution in [0.4, 0.5) is 11.4 Å². The highest BCUT2D eigenvalue weighted by molar-refractivity contribution is 6.33. The molecule has 7 heteroatoms. The van der Waals surface area contributed by atoms with E-state index in [4.69, 9.17) is 16.1 Å². The molecule has 0 saturated carbocycles. The van der Waals surface area contributed by atoms with E-state index in [-0.39, 0.29) is 12.3 Å². The zero-order valence-electron chi connectivity index (χ0n) is 15.4. The van der Waals surface area contributed by atoms with Gasteiger partial charge in [0.15, 0.2) is 0 Å². The van der Waals surface area contributed by atoms with Crippen LogP contribution in [0.25, 0.3) is 11.4 Å². The topological polar surface area (TPSA) is 71.3 Å². The Bertz CT molecular complexity index is 952.